The fourth-order valence-corrected chi connectivity index (χ4v) is 3.76. The van der Waals surface area contributed by atoms with Gasteiger partial charge in [0.1, 0.15) is 0 Å². The molecule has 0 radical (unpaired) electrons. The van der Waals surface area contributed by atoms with Gasteiger partial charge in [0.15, 0.2) is 0 Å². The lowest BCUT2D eigenvalue weighted by molar-refractivity contribution is 0.250. The second-order valence-electron chi connectivity index (χ2n) is 6.24. The molecule has 3 aromatic rings. The number of hydrogen-bond acceptors (Lipinski definition) is 2. The van der Waals surface area contributed by atoms with Gasteiger partial charge in [-0.15, -0.1) is 0 Å². The zero-order valence-electron chi connectivity index (χ0n) is 13.3. The average molecular weight is 360 g/mol. The summed E-state index contributed by atoms with van der Waals surface area (Å²) < 4.78 is 0. The molecule has 1 saturated heterocycles. The smallest absolute Gasteiger partial charge is 0.0825 e. The first-order valence-electron chi connectivity index (χ1n) is 8.18. The number of rotatable bonds is 3. The predicted molar refractivity (Wildman–Crippen MR) is 102 cm³/mol. The van der Waals surface area contributed by atoms with E-state index in [0.717, 1.165) is 38.4 Å². The van der Waals surface area contributed by atoms with Crippen LogP contribution in [0.15, 0.2) is 48.7 Å². The fourth-order valence-electron chi connectivity index (χ4n) is 3.34. The van der Waals surface area contributed by atoms with Crippen molar-refractivity contribution >= 4 is 39.8 Å². The van der Waals surface area contributed by atoms with Crippen molar-refractivity contribution in [2.24, 2.45) is 0 Å². The van der Waals surface area contributed by atoms with Gasteiger partial charge in [-0.05, 0) is 41.3 Å². The number of anilines is 1. The Morgan fingerprint density at radius 2 is 1.79 bits per heavy atom. The van der Waals surface area contributed by atoms with E-state index in [9.17, 15) is 0 Å². The molecule has 4 rings (SSSR count). The van der Waals surface area contributed by atoms with E-state index in [1.54, 1.807) is 0 Å². The van der Waals surface area contributed by atoms with Gasteiger partial charge in [0.25, 0.3) is 0 Å². The van der Waals surface area contributed by atoms with Crippen LogP contribution in [0, 0.1) is 0 Å². The van der Waals surface area contributed by atoms with E-state index in [1.165, 1.54) is 16.5 Å². The summed E-state index contributed by atoms with van der Waals surface area (Å²) in [5.74, 6) is 0. The molecule has 0 bridgehead atoms. The van der Waals surface area contributed by atoms with Gasteiger partial charge in [-0.25, -0.2) is 0 Å². The van der Waals surface area contributed by atoms with Crippen LogP contribution in [0.3, 0.4) is 0 Å². The van der Waals surface area contributed by atoms with Crippen molar-refractivity contribution in [3.05, 3.63) is 64.3 Å². The summed E-state index contributed by atoms with van der Waals surface area (Å²) in [5.41, 5.74) is 3.59. The van der Waals surface area contributed by atoms with Crippen molar-refractivity contribution in [3.8, 4) is 0 Å². The average Bonchev–Trinajstić information content (AvgIpc) is 3.06. The van der Waals surface area contributed by atoms with Crippen molar-refractivity contribution in [2.45, 2.75) is 6.54 Å². The topological polar surface area (TPSA) is 22.3 Å². The molecule has 1 N–H and O–H groups in total. The molecular weight excluding hydrogens is 341 g/mol. The predicted octanol–water partition coefficient (Wildman–Crippen LogP) is 4.80. The molecule has 1 aromatic heterocycles. The highest BCUT2D eigenvalue weighted by Gasteiger charge is 2.19. The normalized spacial score (nSPS) is 16.0. The Balaban J connectivity index is 1.41. The van der Waals surface area contributed by atoms with Crippen LogP contribution < -0.4 is 4.90 Å². The summed E-state index contributed by atoms with van der Waals surface area (Å²) in [6.07, 6.45) is 1.99. The van der Waals surface area contributed by atoms with Crippen LogP contribution in [0.1, 0.15) is 5.56 Å². The Kier molecular flexibility index (Phi) is 4.40. The van der Waals surface area contributed by atoms with Crippen molar-refractivity contribution in [1.82, 2.24) is 9.88 Å². The molecule has 0 atom stereocenters. The van der Waals surface area contributed by atoms with Crippen LogP contribution in [0.2, 0.25) is 10.0 Å². The Hall–Kier alpha value is -1.68. The summed E-state index contributed by atoms with van der Waals surface area (Å²) in [6, 6.07) is 14.6. The van der Waals surface area contributed by atoms with Gasteiger partial charge in [-0.3, -0.25) is 4.90 Å². The number of nitrogens with one attached hydrogen (secondary N) is 1. The van der Waals surface area contributed by atoms with Crippen LogP contribution >= 0.6 is 23.2 Å². The number of hydrogen-bond donors (Lipinski definition) is 1. The van der Waals surface area contributed by atoms with Crippen molar-refractivity contribution in [1.29, 1.82) is 0 Å². The number of H-pyrrole nitrogens is 1. The summed E-state index contributed by atoms with van der Waals surface area (Å²) in [4.78, 5) is 8.05. The minimum Gasteiger partial charge on any atom is -0.368 e. The third-order valence-electron chi connectivity index (χ3n) is 4.67. The second kappa shape index (κ2) is 6.67. The quantitative estimate of drug-likeness (QED) is 0.725. The number of nitrogens with zero attached hydrogens (tertiary/aromatic N) is 2. The van der Waals surface area contributed by atoms with Crippen LogP contribution in [0.25, 0.3) is 10.9 Å². The largest absolute Gasteiger partial charge is 0.368 e. The Morgan fingerprint density at radius 1 is 0.958 bits per heavy atom. The number of benzene rings is 2. The monoisotopic (exact) mass is 359 g/mol. The van der Waals surface area contributed by atoms with Crippen molar-refractivity contribution < 1.29 is 0 Å². The maximum absolute atomic E-state index is 6.35. The Labute approximate surface area is 151 Å². The van der Waals surface area contributed by atoms with E-state index >= 15 is 0 Å². The molecule has 2 aromatic carbocycles. The summed E-state index contributed by atoms with van der Waals surface area (Å²) in [6.45, 7) is 4.96. The molecule has 0 amide bonds. The highest BCUT2D eigenvalue weighted by atomic mass is 35.5. The summed E-state index contributed by atoms with van der Waals surface area (Å²) >= 11 is 12.5. The molecule has 0 unspecified atom stereocenters. The van der Waals surface area contributed by atoms with Crippen molar-refractivity contribution in [2.75, 3.05) is 31.1 Å². The standard InChI is InChI=1S/C19H19Cl2N3/c20-16-2-1-3-18(19(16)21)24-10-8-23(9-11-24)13-14-4-5-17-15(12-14)6-7-22-17/h1-7,12,22H,8-11,13H2. The Morgan fingerprint density at radius 3 is 2.62 bits per heavy atom. The molecule has 1 fully saturated rings. The van der Waals surface area contributed by atoms with Gasteiger partial charge in [-0.1, -0.05) is 35.3 Å². The zero-order chi connectivity index (χ0) is 16.5. The number of fused-ring (bicyclic) bond motifs is 1. The third kappa shape index (κ3) is 3.12. The lowest BCUT2D eigenvalue weighted by atomic mass is 10.1. The first-order valence-corrected chi connectivity index (χ1v) is 8.93. The molecule has 0 spiro atoms. The molecule has 2 heterocycles. The summed E-state index contributed by atoms with van der Waals surface area (Å²) in [7, 11) is 0. The first kappa shape index (κ1) is 15.8. The number of aromatic nitrogens is 1. The van der Waals surface area contributed by atoms with Gasteiger partial charge >= 0.3 is 0 Å². The molecule has 124 valence electrons. The molecule has 1 aliphatic rings. The van der Waals surface area contributed by atoms with Crippen LogP contribution in [0.5, 0.6) is 0 Å². The second-order valence-corrected chi connectivity index (χ2v) is 7.02. The van der Waals surface area contributed by atoms with E-state index in [0.29, 0.717) is 10.0 Å². The van der Waals surface area contributed by atoms with Gasteiger partial charge < -0.3 is 9.88 Å². The highest BCUT2D eigenvalue weighted by molar-refractivity contribution is 6.43. The van der Waals surface area contributed by atoms with E-state index in [-0.39, 0.29) is 0 Å². The van der Waals surface area contributed by atoms with Crippen molar-refractivity contribution in [3.63, 3.8) is 0 Å². The first-order chi connectivity index (χ1) is 11.7. The van der Waals surface area contributed by atoms with Gasteiger partial charge in [0, 0.05) is 44.4 Å². The Bertz CT molecular complexity index is 851. The van der Waals surface area contributed by atoms with Crippen LogP contribution in [-0.2, 0) is 6.54 Å². The molecule has 5 heteroatoms. The maximum atomic E-state index is 6.35. The molecular formula is C19H19Cl2N3. The molecule has 24 heavy (non-hydrogen) atoms. The number of aromatic amines is 1. The van der Waals surface area contributed by atoms with E-state index < -0.39 is 0 Å². The van der Waals surface area contributed by atoms with E-state index in [2.05, 4.69) is 39.0 Å². The molecule has 3 nitrogen and oxygen atoms in total. The zero-order valence-corrected chi connectivity index (χ0v) is 14.8. The van der Waals surface area contributed by atoms with E-state index in [1.807, 2.05) is 24.4 Å². The maximum Gasteiger partial charge on any atom is 0.0825 e. The third-order valence-corrected chi connectivity index (χ3v) is 5.48. The SMILES string of the molecule is Clc1cccc(N2CCN(Cc3ccc4[nH]ccc4c3)CC2)c1Cl. The van der Waals surface area contributed by atoms with Gasteiger partial charge in [-0.2, -0.15) is 0 Å². The lowest BCUT2D eigenvalue weighted by Crippen LogP contribution is -2.46. The van der Waals surface area contributed by atoms with Gasteiger partial charge in [0.05, 0.1) is 15.7 Å². The highest BCUT2D eigenvalue weighted by Crippen LogP contribution is 2.33. The molecule has 0 aliphatic carbocycles. The number of piperazine rings is 1. The summed E-state index contributed by atoms with van der Waals surface area (Å²) in [5, 5.41) is 2.55. The van der Waals surface area contributed by atoms with Crippen LogP contribution in [0.4, 0.5) is 5.69 Å². The molecule has 1 aliphatic heterocycles. The minimum absolute atomic E-state index is 0.622. The van der Waals surface area contributed by atoms with Crippen LogP contribution in [-0.4, -0.2) is 36.1 Å². The minimum atomic E-state index is 0.622. The lowest BCUT2D eigenvalue weighted by Gasteiger charge is -2.36. The fraction of sp³-hybridized carbons (Fsp3) is 0.263. The van der Waals surface area contributed by atoms with Gasteiger partial charge in [0.2, 0.25) is 0 Å². The number of halogens is 2. The molecule has 0 saturated carbocycles. The van der Waals surface area contributed by atoms with E-state index in [4.69, 9.17) is 23.2 Å².